The molecule has 0 aromatic carbocycles. The summed E-state index contributed by atoms with van der Waals surface area (Å²) < 4.78 is 24.7. The minimum Gasteiger partial charge on any atom is -0.394 e. The summed E-state index contributed by atoms with van der Waals surface area (Å²) in [5.74, 6) is 0.0883. The molecular weight excluding hydrogens is 744 g/mol. The van der Waals surface area contributed by atoms with Crippen molar-refractivity contribution >= 4 is 0 Å². The third kappa shape index (κ3) is 6.63. The van der Waals surface area contributed by atoms with Crippen LogP contribution in [-0.2, 0) is 18.9 Å². The summed E-state index contributed by atoms with van der Waals surface area (Å²) in [6.07, 6.45) is -11.0. The third-order valence-corrected chi connectivity index (χ3v) is 17.7. The summed E-state index contributed by atoms with van der Waals surface area (Å²) >= 11 is 0. The van der Waals surface area contributed by atoms with Crippen molar-refractivity contribution in [1.82, 2.24) is 0 Å². The van der Waals surface area contributed by atoms with Crippen LogP contribution in [-0.4, -0.2) is 160 Å². The molecule has 15 heteroatoms. The lowest BCUT2D eigenvalue weighted by atomic mass is 9.41. The summed E-state index contributed by atoms with van der Waals surface area (Å²) in [6, 6.07) is 0. The van der Waals surface area contributed by atoms with Gasteiger partial charge in [-0.2, -0.15) is 0 Å². The largest absolute Gasteiger partial charge is 0.394 e. The van der Waals surface area contributed by atoms with Gasteiger partial charge in [-0.25, -0.2) is 0 Å². The second-order valence-corrected chi connectivity index (χ2v) is 21.3. The first-order valence-corrected chi connectivity index (χ1v) is 21.4. The van der Waals surface area contributed by atoms with E-state index in [1.807, 2.05) is 0 Å². The van der Waals surface area contributed by atoms with E-state index in [2.05, 4.69) is 27.7 Å². The van der Waals surface area contributed by atoms with Crippen LogP contribution in [0.4, 0.5) is 0 Å². The maximum absolute atomic E-state index is 12.7. The van der Waals surface area contributed by atoms with Gasteiger partial charge in [-0.3, -0.25) is 0 Å². The number of ether oxygens (including phenoxy) is 4. The van der Waals surface area contributed by atoms with Gasteiger partial charge in [0.2, 0.25) is 0 Å². The number of hydrogen-bond acceptors (Lipinski definition) is 15. The molecule has 0 radical (unpaired) electrons. The summed E-state index contributed by atoms with van der Waals surface area (Å²) in [5.41, 5.74) is -3.77. The van der Waals surface area contributed by atoms with Gasteiger partial charge < -0.3 is 75.1 Å². The molecule has 2 spiro atoms. The van der Waals surface area contributed by atoms with E-state index in [1.54, 1.807) is 6.92 Å². The Hall–Kier alpha value is -0.600. The lowest BCUT2D eigenvalue weighted by Gasteiger charge is -2.63. The minimum atomic E-state index is -1.82. The van der Waals surface area contributed by atoms with Gasteiger partial charge >= 0.3 is 0 Å². The number of fused-ring (bicyclic) bond motifs is 2. The lowest BCUT2D eigenvalue weighted by molar-refractivity contribution is -0.374. The van der Waals surface area contributed by atoms with E-state index in [1.165, 1.54) is 13.8 Å². The molecule has 7 fully saturated rings. The predicted octanol–water partition coefficient (Wildman–Crippen LogP) is 0.0686. The zero-order valence-corrected chi connectivity index (χ0v) is 34.8. The molecule has 0 aromatic rings. The Bertz CT molecular complexity index is 1450. The van der Waals surface area contributed by atoms with Crippen LogP contribution < -0.4 is 0 Å². The van der Waals surface area contributed by atoms with Gasteiger partial charge in [-0.05, 0) is 124 Å². The van der Waals surface area contributed by atoms with Crippen LogP contribution in [0.15, 0.2) is 0 Å². The van der Waals surface area contributed by atoms with Gasteiger partial charge in [0.15, 0.2) is 12.6 Å². The zero-order valence-electron chi connectivity index (χ0n) is 34.8. The van der Waals surface area contributed by atoms with Crippen molar-refractivity contribution < 1.29 is 75.1 Å². The SMILES string of the molecule is CC(C)(O)[C@@H](O)CC[C@](C)(O)[C@H]1[C@@H](O[C@@H]2O[C@H](CO)[C@@H](O)[C@H](O)[C@H]2O[C@@H]2O[C@H](CO)[C@@H](O)[C@H](O)[C@H]2O)C[C@@]2(C)[C@@H]3CC[C@H]4C(C)(C)[C@@H](O)CC[C@@]45C[C@@]35CC[C@]12C. The number of aliphatic hydroxyl groups excluding tert-OH is 9. The van der Waals surface area contributed by atoms with Crippen LogP contribution in [0.2, 0.25) is 0 Å². The quantitative estimate of drug-likeness (QED) is 0.132. The number of hydrogen-bond donors (Lipinski definition) is 11. The maximum Gasteiger partial charge on any atom is 0.187 e. The zero-order chi connectivity index (χ0) is 42.1. The molecule has 15 nitrogen and oxygen atoms in total. The molecule has 2 heterocycles. The molecule has 0 bridgehead atoms. The van der Waals surface area contributed by atoms with E-state index in [0.717, 1.165) is 44.9 Å². The van der Waals surface area contributed by atoms with Crippen LogP contribution in [0.3, 0.4) is 0 Å². The topological polar surface area (TPSA) is 259 Å². The Labute approximate surface area is 336 Å². The molecule has 0 unspecified atom stereocenters. The second kappa shape index (κ2) is 14.8. The molecule has 0 amide bonds. The van der Waals surface area contributed by atoms with Crippen LogP contribution >= 0.6 is 0 Å². The summed E-state index contributed by atoms with van der Waals surface area (Å²) in [7, 11) is 0. The van der Waals surface area contributed by atoms with Gasteiger partial charge in [0, 0.05) is 5.92 Å². The van der Waals surface area contributed by atoms with Crippen molar-refractivity contribution in [2.24, 2.45) is 44.8 Å². The van der Waals surface area contributed by atoms with E-state index in [0.29, 0.717) is 12.3 Å². The van der Waals surface area contributed by atoms with Gasteiger partial charge in [-0.1, -0.05) is 27.7 Å². The first-order chi connectivity index (χ1) is 26.4. The Morgan fingerprint density at radius 3 is 1.88 bits per heavy atom. The van der Waals surface area contributed by atoms with E-state index in [-0.39, 0.29) is 46.5 Å². The van der Waals surface area contributed by atoms with Gasteiger partial charge in [0.05, 0.1) is 42.7 Å². The second-order valence-electron chi connectivity index (χ2n) is 21.3. The molecular formula is C42H72O15. The average Bonchev–Trinajstić information content (AvgIpc) is 3.74. The van der Waals surface area contributed by atoms with E-state index < -0.39 is 109 Å². The number of rotatable bonds is 11. The lowest BCUT2D eigenvalue weighted by Crippen LogP contribution is -2.65. The van der Waals surface area contributed by atoms with Crippen LogP contribution in [0.1, 0.15) is 113 Å². The molecule has 57 heavy (non-hydrogen) atoms. The molecule has 5 saturated carbocycles. The molecule has 7 rings (SSSR count). The molecule has 21 atom stereocenters. The van der Waals surface area contributed by atoms with Crippen molar-refractivity contribution in [2.75, 3.05) is 13.2 Å². The minimum absolute atomic E-state index is 0.0718. The third-order valence-electron chi connectivity index (χ3n) is 17.7. The Kier molecular flexibility index (Phi) is 11.5. The van der Waals surface area contributed by atoms with Crippen molar-refractivity contribution in [2.45, 2.75) is 204 Å². The van der Waals surface area contributed by atoms with Crippen LogP contribution in [0, 0.1) is 44.8 Å². The van der Waals surface area contributed by atoms with Crippen LogP contribution in [0.5, 0.6) is 0 Å². The van der Waals surface area contributed by atoms with E-state index in [4.69, 9.17) is 18.9 Å². The molecule has 11 N–H and O–H groups in total. The maximum atomic E-state index is 12.7. The summed E-state index contributed by atoms with van der Waals surface area (Å²) in [4.78, 5) is 0. The van der Waals surface area contributed by atoms with Gasteiger partial charge in [-0.15, -0.1) is 0 Å². The molecule has 330 valence electrons. The van der Waals surface area contributed by atoms with Gasteiger partial charge in [0.1, 0.15) is 48.8 Å². The highest BCUT2D eigenvalue weighted by Crippen LogP contribution is 2.89. The predicted molar refractivity (Wildman–Crippen MR) is 202 cm³/mol. The first-order valence-electron chi connectivity index (χ1n) is 21.4. The highest BCUT2D eigenvalue weighted by Gasteiger charge is 2.83. The summed E-state index contributed by atoms with van der Waals surface area (Å²) in [6.45, 7) is 12.4. The van der Waals surface area contributed by atoms with E-state index >= 15 is 0 Å². The molecule has 7 aliphatic rings. The normalized spacial score (nSPS) is 53.5. The highest BCUT2D eigenvalue weighted by molar-refractivity contribution is 5.31. The van der Waals surface area contributed by atoms with Crippen LogP contribution in [0.25, 0.3) is 0 Å². The molecule has 2 aliphatic heterocycles. The number of aliphatic hydroxyl groups is 11. The standard InChI is InChI=1S/C42H72O15/c1-36(2)23-8-9-24-39(6)16-20(54-35-32(30(50)28(48)22(18-44)56-35)57-34-31(51)29(49)27(47)21(17-43)55-34)33(40(7,53)12-10-26(46)37(3,4)52)38(39,5)14-15-42(24)19-41(23,42)13-11-25(36)45/h20-35,43-53H,8-19H2,1-7H3/t20-,21+,22+,23-,24-,25-,26-,27+,28+,29-,30-,31+,32+,33-,34-,35+,38+,39-,40-,41+,42-/m0/s1. The van der Waals surface area contributed by atoms with Gasteiger partial charge in [0.25, 0.3) is 0 Å². The van der Waals surface area contributed by atoms with E-state index in [9.17, 15) is 56.2 Å². The van der Waals surface area contributed by atoms with Crippen molar-refractivity contribution in [3.8, 4) is 0 Å². The fourth-order valence-electron chi connectivity index (χ4n) is 14.3. The van der Waals surface area contributed by atoms with Crippen molar-refractivity contribution in [1.29, 1.82) is 0 Å². The average molecular weight is 817 g/mol. The Morgan fingerprint density at radius 1 is 0.684 bits per heavy atom. The van der Waals surface area contributed by atoms with Crippen molar-refractivity contribution in [3.05, 3.63) is 0 Å². The van der Waals surface area contributed by atoms with Crippen molar-refractivity contribution in [3.63, 3.8) is 0 Å². The molecule has 5 aliphatic carbocycles. The molecule has 2 saturated heterocycles. The first kappa shape index (κ1) is 44.5. The fourth-order valence-corrected chi connectivity index (χ4v) is 14.3. The smallest absolute Gasteiger partial charge is 0.187 e. The Morgan fingerprint density at radius 2 is 1.26 bits per heavy atom. The fraction of sp³-hybridized carbons (Fsp3) is 1.00. The Balaban J connectivity index is 1.24. The summed E-state index contributed by atoms with van der Waals surface area (Å²) in [5, 5.41) is 120. The highest BCUT2D eigenvalue weighted by atomic mass is 16.8. The molecule has 0 aromatic heterocycles. The monoisotopic (exact) mass is 816 g/mol.